The Balaban J connectivity index is 1.51. The molecular weight excluding hydrogens is 451 g/mol. The van der Waals surface area contributed by atoms with Gasteiger partial charge in [0, 0.05) is 13.1 Å². The van der Waals surface area contributed by atoms with Crippen LogP contribution in [0, 0.1) is 5.82 Å². The van der Waals surface area contributed by atoms with Crippen molar-refractivity contribution in [2.45, 2.75) is 63.8 Å². The maximum Gasteiger partial charge on any atom is 0.230 e. The van der Waals surface area contributed by atoms with E-state index in [1.165, 1.54) is 23.4 Å². The smallest absolute Gasteiger partial charge is 0.230 e. The van der Waals surface area contributed by atoms with Crippen molar-refractivity contribution in [1.29, 1.82) is 0 Å². The average molecular weight is 485 g/mol. The number of ether oxygens (including phenoxy) is 1. The first kappa shape index (κ1) is 25.7. The van der Waals surface area contributed by atoms with Gasteiger partial charge in [-0.1, -0.05) is 80.4 Å². The third-order valence-corrected chi connectivity index (χ3v) is 6.33. The molecule has 182 valence electrons. The highest BCUT2D eigenvalue weighted by atomic mass is 32.2. The van der Waals surface area contributed by atoms with Gasteiger partial charge in [-0.3, -0.25) is 4.79 Å². The van der Waals surface area contributed by atoms with Crippen LogP contribution in [0.5, 0.6) is 5.75 Å². The molecule has 0 saturated heterocycles. The molecule has 3 aromatic rings. The van der Waals surface area contributed by atoms with Crippen molar-refractivity contribution < 1.29 is 13.9 Å². The summed E-state index contributed by atoms with van der Waals surface area (Å²) in [5, 5.41) is 12.2. The first-order valence-corrected chi connectivity index (χ1v) is 12.9. The predicted octanol–water partition coefficient (Wildman–Crippen LogP) is 5.42. The lowest BCUT2D eigenvalue weighted by Gasteiger charge is -2.11. The number of carbonyl (C=O) groups excluding carboxylic acids is 1. The summed E-state index contributed by atoms with van der Waals surface area (Å²) in [6.07, 6.45) is 6.23. The summed E-state index contributed by atoms with van der Waals surface area (Å²) in [5.74, 6) is 0.655. The molecular formula is C26H33FN4O2S. The Morgan fingerprint density at radius 2 is 1.82 bits per heavy atom. The lowest BCUT2D eigenvalue weighted by molar-refractivity contribution is -0.118. The van der Waals surface area contributed by atoms with Gasteiger partial charge in [0.05, 0.1) is 5.75 Å². The molecule has 2 aromatic carbocycles. The Hall–Kier alpha value is -2.87. The van der Waals surface area contributed by atoms with Gasteiger partial charge in [-0.2, -0.15) is 0 Å². The van der Waals surface area contributed by atoms with Crippen LogP contribution in [0.15, 0.2) is 59.8 Å². The van der Waals surface area contributed by atoms with E-state index < -0.39 is 5.82 Å². The Labute approximate surface area is 205 Å². The maximum atomic E-state index is 13.9. The second-order valence-corrected chi connectivity index (χ2v) is 9.00. The van der Waals surface area contributed by atoms with Crippen LogP contribution in [0.25, 0.3) is 0 Å². The summed E-state index contributed by atoms with van der Waals surface area (Å²) >= 11 is 1.37. The minimum absolute atomic E-state index is 0.0252. The Kier molecular flexibility index (Phi) is 10.9. The zero-order valence-corrected chi connectivity index (χ0v) is 20.5. The van der Waals surface area contributed by atoms with E-state index in [-0.39, 0.29) is 24.0 Å². The molecule has 1 N–H and O–H groups in total. The Morgan fingerprint density at radius 3 is 2.62 bits per heavy atom. The van der Waals surface area contributed by atoms with Crippen LogP contribution >= 0.6 is 11.8 Å². The molecule has 0 aliphatic rings. The number of thioether (sulfide) groups is 1. The molecule has 0 atom stereocenters. The van der Waals surface area contributed by atoms with Gasteiger partial charge in [0.2, 0.25) is 5.91 Å². The number of halogens is 1. The number of unbranched alkanes of at least 4 members (excludes halogenated alkanes) is 3. The molecule has 0 aliphatic carbocycles. The molecule has 1 aromatic heterocycles. The van der Waals surface area contributed by atoms with Gasteiger partial charge in [0.15, 0.2) is 22.5 Å². The van der Waals surface area contributed by atoms with E-state index in [2.05, 4.69) is 34.6 Å². The molecule has 0 spiro atoms. The SMILES string of the molecule is CCCCCCn1c(COc2ccccc2F)nnc1SCC(=O)NCCCc1ccccc1. The molecule has 0 saturated carbocycles. The van der Waals surface area contributed by atoms with Gasteiger partial charge >= 0.3 is 0 Å². The van der Waals surface area contributed by atoms with E-state index in [1.54, 1.807) is 18.2 Å². The van der Waals surface area contributed by atoms with E-state index in [0.29, 0.717) is 17.5 Å². The van der Waals surface area contributed by atoms with Crippen molar-refractivity contribution in [3.8, 4) is 5.75 Å². The summed E-state index contributed by atoms with van der Waals surface area (Å²) < 4.78 is 21.5. The van der Waals surface area contributed by atoms with Crippen molar-refractivity contribution >= 4 is 17.7 Å². The zero-order valence-electron chi connectivity index (χ0n) is 19.7. The number of para-hydroxylation sites is 1. The normalized spacial score (nSPS) is 10.9. The number of aryl methyl sites for hydroxylation is 1. The number of amides is 1. The molecule has 0 bridgehead atoms. The number of hydrogen-bond acceptors (Lipinski definition) is 5. The second-order valence-electron chi connectivity index (χ2n) is 8.06. The van der Waals surface area contributed by atoms with Gasteiger partial charge in [0.25, 0.3) is 0 Å². The molecule has 8 heteroatoms. The zero-order chi connectivity index (χ0) is 24.0. The minimum atomic E-state index is -0.407. The molecule has 0 fully saturated rings. The third-order valence-electron chi connectivity index (χ3n) is 5.36. The number of hydrogen-bond donors (Lipinski definition) is 1. The highest BCUT2D eigenvalue weighted by molar-refractivity contribution is 7.99. The molecule has 0 aliphatic heterocycles. The van der Waals surface area contributed by atoms with Crippen molar-refractivity contribution in [3.63, 3.8) is 0 Å². The molecule has 34 heavy (non-hydrogen) atoms. The number of nitrogens with one attached hydrogen (secondary N) is 1. The molecule has 3 rings (SSSR count). The lowest BCUT2D eigenvalue weighted by atomic mass is 10.1. The average Bonchev–Trinajstić information content (AvgIpc) is 3.25. The summed E-state index contributed by atoms with van der Waals surface area (Å²) in [4.78, 5) is 12.3. The Morgan fingerprint density at radius 1 is 1.03 bits per heavy atom. The van der Waals surface area contributed by atoms with Crippen LogP contribution < -0.4 is 10.1 Å². The first-order valence-electron chi connectivity index (χ1n) is 11.9. The van der Waals surface area contributed by atoms with Gasteiger partial charge in [-0.25, -0.2) is 4.39 Å². The van der Waals surface area contributed by atoms with Crippen LogP contribution in [0.1, 0.15) is 50.4 Å². The van der Waals surface area contributed by atoms with Crippen molar-refractivity contribution in [3.05, 3.63) is 71.8 Å². The van der Waals surface area contributed by atoms with Gasteiger partial charge < -0.3 is 14.6 Å². The standard InChI is InChI=1S/C26H33FN4O2S/c1-2-3-4-10-18-31-24(19-33-23-16-9-8-15-22(23)27)29-30-26(31)34-20-25(32)28-17-11-14-21-12-6-5-7-13-21/h5-9,12-13,15-16H,2-4,10-11,14,17-20H2,1H3,(H,28,32). The van der Waals surface area contributed by atoms with E-state index in [1.807, 2.05) is 22.8 Å². The van der Waals surface area contributed by atoms with Gasteiger partial charge in [-0.05, 0) is 37.0 Å². The van der Waals surface area contributed by atoms with E-state index in [0.717, 1.165) is 45.1 Å². The van der Waals surface area contributed by atoms with Crippen LogP contribution in [0.4, 0.5) is 4.39 Å². The minimum Gasteiger partial charge on any atom is -0.483 e. The molecule has 1 amide bonds. The fraction of sp³-hybridized carbons (Fsp3) is 0.423. The number of rotatable bonds is 15. The first-order chi connectivity index (χ1) is 16.7. The number of carbonyl (C=O) groups is 1. The largest absolute Gasteiger partial charge is 0.483 e. The fourth-order valence-electron chi connectivity index (χ4n) is 3.50. The topological polar surface area (TPSA) is 69.0 Å². The third kappa shape index (κ3) is 8.48. The number of benzene rings is 2. The fourth-order valence-corrected chi connectivity index (χ4v) is 4.32. The summed E-state index contributed by atoms with van der Waals surface area (Å²) in [7, 11) is 0. The lowest BCUT2D eigenvalue weighted by Crippen LogP contribution is -2.26. The van der Waals surface area contributed by atoms with Crippen molar-refractivity contribution in [2.75, 3.05) is 12.3 Å². The summed E-state index contributed by atoms with van der Waals surface area (Å²) in [5.41, 5.74) is 1.27. The summed E-state index contributed by atoms with van der Waals surface area (Å²) in [6, 6.07) is 16.6. The van der Waals surface area contributed by atoms with Crippen LogP contribution in [0.2, 0.25) is 0 Å². The van der Waals surface area contributed by atoms with Crippen LogP contribution in [-0.2, 0) is 24.4 Å². The number of aromatic nitrogens is 3. The quantitative estimate of drug-likeness (QED) is 0.230. The molecule has 6 nitrogen and oxygen atoms in total. The van der Waals surface area contributed by atoms with Gasteiger partial charge in [-0.15, -0.1) is 10.2 Å². The van der Waals surface area contributed by atoms with E-state index >= 15 is 0 Å². The molecule has 0 radical (unpaired) electrons. The van der Waals surface area contributed by atoms with Crippen LogP contribution in [0.3, 0.4) is 0 Å². The molecule has 0 unspecified atom stereocenters. The van der Waals surface area contributed by atoms with E-state index in [9.17, 15) is 9.18 Å². The van der Waals surface area contributed by atoms with Crippen molar-refractivity contribution in [2.24, 2.45) is 0 Å². The monoisotopic (exact) mass is 484 g/mol. The maximum absolute atomic E-state index is 13.9. The highest BCUT2D eigenvalue weighted by Gasteiger charge is 2.15. The van der Waals surface area contributed by atoms with Gasteiger partial charge in [0.1, 0.15) is 6.61 Å². The molecule has 1 heterocycles. The Bertz CT molecular complexity index is 1010. The predicted molar refractivity (Wildman–Crippen MR) is 133 cm³/mol. The number of nitrogens with zero attached hydrogens (tertiary/aromatic N) is 3. The summed E-state index contributed by atoms with van der Waals surface area (Å²) in [6.45, 7) is 3.67. The van der Waals surface area contributed by atoms with E-state index in [4.69, 9.17) is 4.74 Å². The van der Waals surface area contributed by atoms with Crippen molar-refractivity contribution in [1.82, 2.24) is 20.1 Å². The second kappa shape index (κ2) is 14.4. The highest BCUT2D eigenvalue weighted by Crippen LogP contribution is 2.21. The van der Waals surface area contributed by atoms with Crippen LogP contribution in [-0.4, -0.2) is 33.0 Å².